The molecular weight excluding hydrogens is 337 g/mol. The van der Waals surface area contributed by atoms with Crippen LogP contribution in [0.5, 0.6) is 11.8 Å². The van der Waals surface area contributed by atoms with Crippen LogP contribution in [0.25, 0.3) is 11.1 Å². The molecule has 0 saturated heterocycles. The van der Waals surface area contributed by atoms with Crippen LogP contribution in [-0.4, -0.2) is 29.3 Å². The van der Waals surface area contributed by atoms with Gasteiger partial charge in [-0.3, -0.25) is 0 Å². The first-order valence-corrected chi connectivity index (χ1v) is 8.86. The largest absolute Gasteiger partial charge is 0.478 e. The first-order chi connectivity index (χ1) is 12.6. The van der Waals surface area contributed by atoms with E-state index in [1.165, 1.54) is 12.1 Å². The SMILES string of the molecule is CCCCOc1ccc(-c2cc(C(=O)O)ccc2F)c(OCCCC)n1. The highest BCUT2D eigenvalue weighted by Gasteiger charge is 2.16. The van der Waals surface area contributed by atoms with Crippen LogP contribution in [0, 0.1) is 5.82 Å². The molecule has 0 amide bonds. The maximum atomic E-state index is 14.3. The summed E-state index contributed by atoms with van der Waals surface area (Å²) in [5.74, 6) is -0.999. The fraction of sp³-hybridized carbons (Fsp3) is 0.400. The zero-order valence-corrected chi connectivity index (χ0v) is 15.1. The molecule has 1 aromatic heterocycles. The van der Waals surface area contributed by atoms with Gasteiger partial charge in [0, 0.05) is 17.2 Å². The van der Waals surface area contributed by atoms with Gasteiger partial charge in [0.2, 0.25) is 11.8 Å². The Morgan fingerprint density at radius 1 is 1.04 bits per heavy atom. The maximum absolute atomic E-state index is 14.3. The van der Waals surface area contributed by atoms with Crippen molar-refractivity contribution in [1.82, 2.24) is 4.98 Å². The number of carboxylic acids is 1. The zero-order valence-electron chi connectivity index (χ0n) is 15.1. The van der Waals surface area contributed by atoms with Crippen molar-refractivity contribution < 1.29 is 23.8 Å². The molecule has 0 aliphatic rings. The van der Waals surface area contributed by atoms with Crippen molar-refractivity contribution in [2.45, 2.75) is 39.5 Å². The Labute approximate surface area is 152 Å². The number of rotatable bonds is 10. The molecular formula is C20H24FNO4. The average Bonchev–Trinajstić information content (AvgIpc) is 2.63. The van der Waals surface area contributed by atoms with Gasteiger partial charge in [0.1, 0.15) is 5.82 Å². The summed E-state index contributed by atoms with van der Waals surface area (Å²) >= 11 is 0. The van der Waals surface area contributed by atoms with E-state index in [0.717, 1.165) is 31.7 Å². The third-order valence-electron chi connectivity index (χ3n) is 3.82. The summed E-state index contributed by atoms with van der Waals surface area (Å²) in [6.45, 7) is 5.09. The van der Waals surface area contributed by atoms with E-state index in [0.29, 0.717) is 24.7 Å². The summed E-state index contributed by atoms with van der Waals surface area (Å²) in [6.07, 6.45) is 3.69. The fourth-order valence-electron chi connectivity index (χ4n) is 2.32. The van der Waals surface area contributed by atoms with E-state index in [2.05, 4.69) is 11.9 Å². The zero-order chi connectivity index (χ0) is 18.9. The molecule has 1 N–H and O–H groups in total. The van der Waals surface area contributed by atoms with E-state index in [-0.39, 0.29) is 17.0 Å². The van der Waals surface area contributed by atoms with Gasteiger partial charge in [-0.05, 0) is 37.1 Å². The van der Waals surface area contributed by atoms with Gasteiger partial charge >= 0.3 is 5.97 Å². The van der Waals surface area contributed by atoms with E-state index in [9.17, 15) is 9.18 Å². The fourth-order valence-corrected chi connectivity index (χ4v) is 2.32. The normalized spacial score (nSPS) is 10.6. The number of unbranched alkanes of at least 4 members (excludes halogenated alkanes) is 2. The number of aromatic carboxylic acids is 1. The van der Waals surface area contributed by atoms with Crippen LogP contribution >= 0.6 is 0 Å². The number of hydrogen-bond acceptors (Lipinski definition) is 4. The summed E-state index contributed by atoms with van der Waals surface area (Å²) < 4.78 is 25.7. The van der Waals surface area contributed by atoms with Crippen molar-refractivity contribution in [2.24, 2.45) is 0 Å². The van der Waals surface area contributed by atoms with Crippen molar-refractivity contribution in [2.75, 3.05) is 13.2 Å². The minimum absolute atomic E-state index is 0.00387. The molecule has 0 bridgehead atoms. The van der Waals surface area contributed by atoms with Crippen molar-refractivity contribution in [3.05, 3.63) is 41.7 Å². The molecule has 140 valence electrons. The predicted molar refractivity (Wildman–Crippen MR) is 97.4 cm³/mol. The number of ether oxygens (including phenoxy) is 2. The predicted octanol–water partition coefficient (Wildman–Crippen LogP) is 4.94. The van der Waals surface area contributed by atoms with E-state index < -0.39 is 11.8 Å². The van der Waals surface area contributed by atoms with E-state index in [1.54, 1.807) is 12.1 Å². The molecule has 6 heteroatoms. The van der Waals surface area contributed by atoms with Crippen molar-refractivity contribution >= 4 is 5.97 Å². The molecule has 5 nitrogen and oxygen atoms in total. The van der Waals surface area contributed by atoms with Gasteiger partial charge in [-0.15, -0.1) is 0 Å². The lowest BCUT2D eigenvalue weighted by Crippen LogP contribution is -2.05. The van der Waals surface area contributed by atoms with Crippen LogP contribution < -0.4 is 9.47 Å². The highest BCUT2D eigenvalue weighted by atomic mass is 19.1. The average molecular weight is 361 g/mol. The Kier molecular flexibility index (Phi) is 7.38. The maximum Gasteiger partial charge on any atom is 0.335 e. The molecule has 0 radical (unpaired) electrons. The molecule has 26 heavy (non-hydrogen) atoms. The Hall–Kier alpha value is -2.63. The Morgan fingerprint density at radius 3 is 2.38 bits per heavy atom. The number of hydrogen-bond donors (Lipinski definition) is 1. The summed E-state index contributed by atoms with van der Waals surface area (Å²) in [7, 11) is 0. The number of carbonyl (C=O) groups is 1. The smallest absolute Gasteiger partial charge is 0.335 e. The molecule has 0 saturated carbocycles. The first-order valence-electron chi connectivity index (χ1n) is 8.86. The number of benzene rings is 1. The van der Waals surface area contributed by atoms with Gasteiger partial charge in [0.25, 0.3) is 0 Å². The summed E-state index contributed by atoms with van der Waals surface area (Å²) in [6, 6.07) is 6.96. The monoisotopic (exact) mass is 361 g/mol. The second kappa shape index (κ2) is 9.75. The van der Waals surface area contributed by atoms with Crippen LogP contribution in [0.15, 0.2) is 30.3 Å². The molecule has 0 unspecified atom stereocenters. The minimum Gasteiger partial charge on any atom is -0.478 e. The van der Waals surface area contributed by atoms with Crippen molar-refractivity contribution in [3.8, 4) is 22.9 Å². The lowest BCUT2D eigenvalue weighted by Gasteiger charge is -2.13. The molecule has 2 aromatic rings. The Morgan fingerprint density at radius 2 is 1.73 bits per heavy atom. The molecule has 0 spiro atoms. The second-order valence-corrected chi connectivity index (χ2v) is 5.91. The van der Waals surface area contributed by atoms with Crippen molar-refractivity contribution in [1.29, 1.82) is 0 Å². The van der Waals surface area contributed by atoms with E-state index >= 15 is 0 Å². The molecule has 1 heterocycles. The molecule has 2 rings (SSSR count). The molecule has 0 aliphatic heterocycles. The molecule has 0 aliphatic carbocycles. The van der Waals surface area contributed by atoms with Crippen LogP contribution in [0.2, 0.25) is 0 Å². The second-order valence-electron chi connectivity index (χ2n) is 5.91. The first kappa shape index (κ1) is 19.7. The van der Waals surface area contributed by atoms with Crippen LogP contribution in [0.1, 0.15) is 49.9 Å². The van der Waals surface area contributed by atoms with Crippen molar-refractivity contribution in [3.63, 3.8) is 0 Å². The quantitative estimate of drug-likeness (QED) is 0.607. The number of halogens is 1. The van der Waals surface area contributed by atoms with E-state index in [1.807, 2.05) is 6.92 Å². The number of nitrogens with zero attached hydrogens (tertiary/aromatic N) is 1. The molecule has 0 fully saturated rings. The minimum atomic E-state index is -1.12. The topological polar surface area (TPSA) is 68.7 Å². The standard InChI is InChI=1S/C20H24FNO4/c1-3-5-11-25-18-10-8-15(19(22-18)26-12-6-4-2)16-13-14(20(23)24)7-9-17(16)21/h7-10,13H,3-6,11-12H2,1-2H3,(H,23,24). The number of pyridine rings is 1. The summed E-state index contributed by atoms with van der Waals surface area (Å²) in [5, 5.41) is 9.16. The summed E-state index contributed by atoms with van der Waals surface area (Å²) in [4.78, 5) is 15.6. The summed E-state index contributed by atoms with van der Waals surface area (Å²) in [5.41, 5.74) is 0.553. The Bertz CT molecular complexity index is 749. The van der Waals surface area contributed by atoms with Gasteiger partial charge in [-0.2, -0.15) is 4.98 Å². The lowest BCUT2D eigenvalue weighted by atomic mass is 10.0. The lowest BCUT2D eigenvalue weighted by molar-refractivity contribution is 0.0697. The van der Waals surface area contributed by atoms with E-state index in [4.69, 9.17) is 14.6 Å². The highest BCUT2D eigenvalue weighted by molar-refractivity contribution is 5.89. The van der Waals surface area contributed by atoms with Gasteiger partial charge in [-0.25, -0.2) is 9.18 Å². The van der Waals surface area contributed by atoms with Gasteiger partial charge in [0.05, 0.1) is 18.8 Å². The molecule has 0 atom stereocenters. The van der Waals surface area contributed by atoms with Crippen LogP contribution in [-0.2, 0) is 0 Å². The third-order valence-corrected chi connectivity index (χ3v) is 3.82. The molecule has 1 aromatic carbocycles. The van der Waals surface area contributed by atoms with Gasteiger partial charge in [0.15, 0.2) is 0 Å². The third kappa shape index (κ3) is 5.18. The highest BCUT2D eigenvalue weighted by Crippen LogP contribution is 2.33. The Balaban J connectivity index is 2.39. The van der Waals surface area contributed by atoms with Gasteiger partial charge in [-0.1, -0.05) is 26.7 Å². The number of carboxylic acid groups (broad SMARTS) is 1. The van der Waals surface area contributed by atoms with Crippen LogP contribution in [0.3, 0.4) is 0 Å². The van der Waals surface area contributed by atoms with Crippen LogP contribution in [0.4, 0.5) is 4.39 Å². The van der Waals surface area contributed by atoms with Gasteiger partial charge < -0.3 is 14.6 Å². The number of aromatic nitrogens is 1.